The zero-order chi connectivity index (χ0) is 36.4. The first kappa shape index (κ1) is 34.8. The maximum atomic E-state index is 11.4. The average Bonchev–Trinajstić information content (AvgIpc) is 3.59. The lowest BCUT2D eigenvalue weighted by Crippen LogP contribution is -2.35. The van der Waals surface area contributed by atoms with Crippen molar-refractivity contribution >= 4 is 39.5 Å². The van der Waals surface area contributed by atoms with E-state index in [1.54, 1.807) is 12.3 Å². The van der Waals surface area contributed by atoms with Gasteiger partial charge in [0.05, 0.1) is 18.1 Å². The van der Waals surface area contributed by atoms with Gasteiger partial charge in [-0.2, -0.15) is 5.26 Å². The van der Waals surface area contributed by atoms with Crippen molar-refractivity contribution in [1.82, 2.24) is 25.2 Å². The van der Waals surface area contributed by atoms with Gasteiger partial charge in [-0.05, 0) is 116 Å². The first-order valence-corrected chi connectivity index (χ1v) is 17.6. The van der Waals surface area contributed by atoms with Gasteiger partial charge >= 0.3 is 5.97 Å². The Balaban J connectivity index is 1.14. The number of likely N-dealkylation sites (tertiary alicyclic amines) is 1. The Kier molecular flexibility index (Phi) is 9.96. The summed E-state index contributed by atoms with van der Waals surface area (Å²) in [6.45, 7) is 8.80. The van der Waals surface area contributed by atoms with Crippen molar-refractivity contribution in [3.05, 3.63) is 101 Å². The SMILES string of the molecule is Cc1c(Nc2nccc3cc(CN4CCC(C(=O)O)CC4)cnc23)cccc1-c1cccc(-c2nc3cc(CNC(C)CO)cc(C#N)c3o2)c1C. The van der Waals surface area contributed by atoms with Crippen molar-refractivity contribution in [2.45, 2.75) is 52.7 Å². The molecule has 0 aliphatic carbocycles. The number of nitrogens with one attached hydrogen (secondary N) is 2. The van der Waals surface area contributed by atoms with Crippen LogP contribution in [0.4, 0.5) is 11.5 Å². The molecule has 1 aliphatic heterocycles. The van der Waals surface area contributed by atoms with Crippen molar-refractivity contribution in [3.63, 3.8) is 0 Å². The minimum absolute atomic E-state index is 0.0216. The van der Waals surface area contributed by atoms with Gasteiger partial charge in [0, 0.05) is 48.2 Å². The lowest BCUT2D eigenvalue weighted by Gasteiger charge is -2.29. The third-order valence-electron chi connectivity index (χ3n) is 10.0. The highest BCUT2D eigenvalue weighted by Crippen LogP contribution is 2.37. The Morgan fingerprint density at radius 3 is 2.52 bits per heavy atom. The number of aliphatic carboxylic acids is 1. The topological polar surface area (TPSA) is 160 Å². The summed E-state index contributed by atoms with van der Waals surface area (Å²) in [4.78, 5) is 27.9. The molecule has 3 aromatic carbocycles. The molecule has 1 saturated heterocycles. The minimum Gasteiger partial charge on any atom is -0.481 e. The number of aliphatic hydroxyl groups excluding tert-OH is 1. The fourth-order valence-corrected chi connectivity index (χ4v) is 6.98. The van der Waals surface area contributed by atoms with Crippen LogP contribution in [0.25, 0.3) is 44.6 Å². The highest BCUT2D eigenvalue weighted by molar-refractivity contribution is 5.91. The number of pyridine rings is 2. The number of aliphatic hydroxyl groups is 1. The molecule has 1 unspecified atom stereocenters. The standard InChI is InChI=1S/C41H41N7O4/c1-24(23-49)44-20-27-16-31(19-42)38-36(18-27)47-40(52-38)34-8-4-6-32(25(34)2)33-7-5-9-35(26(33)3)46-39-37-30(10-13-43-39)17-28(21-45-37)22-48-14-11-29(12-15-48)41(50)51/h4-10,13,16-18,21,24,29,44,49H,11-12,14-15,20,22-23H2,1-3H3,(H,43,46)(H,50,51). The van der Waals surface area contributed by atoms with E-state index in [4.69, 9.17) is 14.4 Å². The summed E-state index contributed by atoms with van der Waals surface area (Å²) in [5, 5.41) is 36.4. The summed E-state index contributed by atoms with van der Waals surface area (Å²) in [5.74, 6) is 0.158. The van der Waals surface area contributed by atoms with Gasteiger partial charge in [0.1, 0.15) is 17.1 Å². The second kappa shape index (κ2) is 14.9. The van der Waals surface area contributed by atoms with E-state index in [1.165, 1.54) is 0 Å². The van der Waals surface area contributed by atoms with Gasteiger partial charge in [0.25, 0.3) is 0 Å². The van der Waals surface area contributed by atoms with Crippen LogP contribution in [-0.4, -0.2) is 61.8 Å². The number of hydrogen-bond donors (Lipinski definition) is 4. The van der Waals surface area contributed by atoms with E-state index in [-0.39, 0.29) is 18.6 Å². The molecule has 3 aromatic heterocycles. The van der Waals surface area contributed by atoms with Crippen LogP contribution >= 0.6 is 0 Å². The number of anilines is 2. The number of piperidine rings is 1. The van der Waals surface area contributed by atoms with Gasteiger partial charge in [-0.1, -0.05) is 24.3 Å². The number of carboxylic acids is 1. The smallest absolute Gasteiger partial charge is 0.306 e. The summed E-state index contributed by atoms with van der Waals surface area (Å²) in [6.07, 6.45) is 5.01. The largest absolute Gasteiger partial charge is 0.481 e. The van der Waals surface area contributed by atoms with Gasteiger partial charge in [-0.25, -0.2) is 9.97 Å². The molecule has 52 heavy (non-hydrogen) atoms. The summed E-state index contributed by atoms with van der Waals surface area (Å²) in [6, 6.07) is 22.2. The molecule has 4 N–H and O–H groups in total. The van der Waals surface area contributed by atoms with Gasteiger partial charge in [0.15, 0.2) is 11.4 Å². The molecule has 0 spiro atoms. The van der Waals surface area contributed by atoms with Crippen molar-refractivity contribution < 1.29 is 19.4 Å². The Bertz CT molecular complexity index is 2320. The molecule has 7 rings (SSSR count). The number of rotatable bonds is 11. The predicted molar refractivity (Wildman–Crippen MR) is 201 cm³/mol. The molecular formula is C41H41N7O4. The van der Waals surface area contributed by atoms with Crippen LogP contribution in [0.5, 0.6) is 0 Å². The molecule has 6 aromatic rings. The molecule has 1 fully saturated rings. The normalized spacial score (nSPS) is 14.4. The summed E-state index contributed by atoms with van der Waals surface area (Å²) < 4.78 is 6.24. The van der Waals surface area contributed by atoms with E-state index in [0.717, 1.165) is 75.2 Å². The Morgan fingerprint density at radius 1 is 1.02 bits per heavy atom. The molecule has 11 nitrogen and oxygen atoms in total. The fourth-order valence-electron chi connectivity index (χ4n) is 6.98. The number of carboxylic acid groups (broad SMARTS) is 1. The van der Waals surface area contributed by atoms with Crippen LogP contribution in [0.15, 0.2) is 77.5 Å². The van der Waals surface area contributed by atoms with Crippen LogP contribution in [0.2, 0.25) is 0 Å². The summed E-state index contributed by atoms with van der Waals surface area (Å²) >= 11 is 0. The molecule has 0 amide bonds. The zero-order valence-corrected chi connectivity index (χ0v) is 29.5. The number of nitrogens with zero attached hydrogens (tertiary/aromatic N) is 5. The summed E-state index contributed by atoms with van der Waals surface area (Å²) in [5.41, 5.74) is 10.1. The molecule has 264 valence electrons. The van der Waals surface area contributed by atoms with Crippen LogP contribution in [0.1, 0.15) is 47.6 Å². The highest BCUT2D eigenvalue weighted by atomic mass is 16.4. The third kappa shape index (κ3) is 7.09. The molecule has 1 aliphatic rings. The number of aromatic nitrogens is 3. The van der Waals surface area contributed by atoms with Crippen LogP contribution in [0.3, 0.4) is 0 Å². The van der Waals surface area contributed by atoms with Crippen LogP contribution in [-0.2, 0) is 17.9 Å². The van der Waals surface area contributed by atoms with Gasteiger partial charge in [-0.15, -0.1) is 0 Å². The summed E-state index contributed by atoms with van der Waals surface area (Å²) in [7, 11) is 0. The van der Waals surface area contributed by atoms with E-state index >= 15 is 0 Å². The second-order valence-electron chi connectivity index (χ2n) is 13.6. The second-order valence-corrected chi connectivity index (χ2v) is 13.6. The molecular weight excluding hydrogens is 654 g/mol. The van der Waals surface area contributed by atoms with E-state index in [9.17, 15) is 20.3 Å². The maximum absolute atomic E-state index is 11.4. The van der Waals surface area contributed by atoms with E-state index < -0.39 is 5.97 Å². The van der Waals surface area contributed by atoms with Gasteiger partial charge < -0.3 is 25.3 Å². The van der Waals surface area contributed by atoms with E-state index in [2.05, 4.69) is 58.6 Å². The molecule has 0 radical (unpaired) electrons. The monoisotopic (exact) mass is 695 g/mol. The molecule has 11 heteroatoms. The maximum Gasteiger partial charge on any atom is 0.306 e. The first-order chi connectivity index (χ1) is 25.2. The van der Waals surface area contributed by atoms with Crippen LogP contribution < -0.4 is 10.6 Å². The highest BCUT2D eigenvalue weighted by Gasteiger charge is 2.25. The number of oxazole rings is 1. The number of carbonyl (C=O) groups is 1. The molecule has 1 atom stereocenters. The Hall–Kier alpha value is -5.67. The quantitative estimate of drug-likeness (QED) is 0.109. The number of fused-ring (bicyclic) bond motifs is 2. The predicted octanol–water partition coefficient (Wildman–Crippen LogP) is 7.10. The Morgan fingerprint density at radius 2 is 1.77 bits per heavy atom. The van der Waals surface area contributed by atoms with Crippen molar-refractivity contribution in [3.8, 4) is 28.7 Å². The van der Waals surface area contributed by atoms with Crippen LogP contribution in [0, 0.1) is 31.1 Å². The van der Waals surface area contributed by atoms with Crippen molar-refractivity contribution in [2.24, 2.45) is 5.92 Å². The lowest BCUT2D eigenvalue weighted by atomic mass is 9.93. The zero-order valence-electron chi connectivity index (χ0n) is 29.5. The number of nitriles is 1. The molecule has 4 heterocycles. The molecule has 0 bridgehead atoms. The van der Waals surface area contributed by atoms with Crippen molar-refractivity contribution in [1.29, 1.82) is 5.26 Å². The number of hydrogen-bond acceptors (Lipinski definition) is 10. The van der Waals surface area contributed by atoms with Gasteiger partial charge in [-0.3, -0.25) is 14.7 Å². The first-order valence-electron chi connectivity index (χ1n) is 17.6. The lowest BCUT2D eigenvalue weighted by molar-refractivity contribution is -0.143. The third-order valence-corrected chi connectivity index (χ3v) is 10.0. The minimum atomic E-state index is -0.700. The average molecular weight is 696 g/mol. The Labute approximate surface area is 302 Å². The van der Waals surface area contributed by atoms with E-state index in [0.29, 0.717) is 47.8 Å². The fraction of sp³-hybridized carbons (Fsp3) is 0.293. The number of benzene rings is 3. The van der Waals surface area contributed by atoms with Gasteiger partial charge in [0.2, 0.25) is 5.89 Å². The molecule has 0 saturated carbocycles. The van der Waals surface area contributed by atoms with E-state index in [1.807, 2.05) is 49.5 Å². The van der Waals surface area contributed by atoms with Crippen molar-refractivity contribution in [2.75, 3.05) is 25.0 Å².